The Hall–Kier alpha value is -1.18. The van der Waals surface area contributed by atoms with E-state index in [1.807, 2.05) is 6.07 Å². The van der Waals surface area contributed by atoms with Crippen molar-refractivity contribution >= 4 is 0 Å². The smallest absolute Gasteiger partial charge is 0.111 e. The Morgan fingerprint density at radius 2 is 1.38 bits per heavy atom. The summed E-state index contributed by atoms with van der Waals surface area (Å²) in [6.45, 7) is 11.0. The van der Waals surface area contributed by atoms with Crippen molar-refractivity contribution in [1.29, 1.82) is 0 Å². The van der Waals surface area contributed by atoms with Crippen LogP contribution in [0.4, 0.5) is 0 Å². The molecule has 0 saturated heterocycles. The summed E-state index contributed by atoms with van der Waals surface area (Å²) >= 11 is 0. The van der Waals surface area contributed by atoms with Crippen molar-refractivity contribution in [1.82, 2.24) is 0 Å². The Bertz CT molecular complexity index is 418. The van der Waals surface area contributed by atoms with E-state index in [1.165, 1.54) is 5.56 Å². The van der Waals surface area contributed by atoms with E-state index in [0.717, 1.165) is 0 Å². The van der Waals surface area contributed by atoms with E-state index < -0.39 is 0 Å². The van der Waals surface area contributed by atoms with Crippen molar-refractivity contribution in [3.63, 3.8) is 0 Å². The summed E-state index contributed by atoms with van der Waals surface area (Å²) < 4.78 is 0. The predicted molar refractivity (Wildman–Crippen MR) is 66.5 cm³/mol. The highest BCUT2D eigenvalue weighted by molar-refractivity contribution is 5.30. The van der Waals surface area contributed by atoms with Gasteiger partial charge in [0.25, 0.3) is 0 Å². The molecule has 2 nitrogen and oxygen atoms in total. The lowest BCUT2D eigenvalue weighted by Crippen LogP contribution is -2.46. The first-order chi connectivity index (χ1) is 7.31. The van der Waals surface area contributed by atoms with Crippen molar-refractivity contribution in [3.8, 4) is 0 Å². The van der Waals surface area contributed by atoms with E-state index in [4.69, 9.17) is 0 Å². The van der Waals surface area contributed by atoms with Crippen LogP contribution in [0.2, 0.25) is 0 Å². The van der Waals surface area contributed by atoms with Crippen LogP contribution in [-0.4, -0.2) is 5.54 Å². The number of hydrogen-bond acceptors (Lipinski definition) is 2. The minimum Gasteiger partial charge on any atom is -0.186 e. The Balaban J connectivity index is 2.54. The zero-order chi connectivity index (χ0) is 12.0. The van der Waals surface area contributed by atoms with Crippen molar-refractivity contribution in [2.45, 2.75) is 45.7 Å². The summed E-state index contributed by atoms with van der Waals surface area (Å²) in [5.74, 6) is 0. The molecule has 0 saturated carbocycles. The Labute approximate surface area is 97.8 Å². The molecule has 0 bridgehead atoms. The third-order valence-corrected chi connectivity index (χ3v) is 4.58. The normalized spacial score (nSPS) is 30.6. The van der Waals surface area contributed by atoms with Crippen LogP contribution >= 0.6 is 0 Å². The van der Waals surface area contributed by atoms with Gasteiger partial charge in [0.15, 0.2) is 0 Å². The van der Waals surface area contributed by atoms with Gasteiger partial charge in [0.05, 0.1) is 5.54 Å². The van der Waals surface area contributed by atoms with Gasteiger partial charge in [-0.15, -0.1) is 0 Å². The number of nitrogens with zero attached hydrogens (tertiary/aromatic N) is 2. The summed E-state index contributed by atoms with van der Waals surface area (Å²) in [5, 5.41) is 9.04. The van der Waals surface area contributed by atoms with Crippen LogP contribution in [0, 0.1) is 5.41 Å². The summed E-state index contributed by atoms with van der Waals surface area (Å²) in [6, 6.07) is 10.5. The molecular weight excluding hydrogens is 196 g/mol. The summed E-state index contributed by atoms with van der Waals surface area (Å²) in [7, 11) is 0. The molecule has 2 heteroatoms. The third kappa shape index (κ3) is 1.25. The lowest BCUT2D eigenvalue weighted by atomic mass is 9.62. The van der Waals surface area contributed by atoms with E-state index in [1.54, 1.807) is 0 Å². The summed E-state index contributed by atoms with van der Waals surface area (Å²) in [4.78, 5) is 0. The fourth-order valence-electron chi connectivity index (χ4n) is 2.25. The van der Waals surface area contributed by atoms with Gasteiger partial charge in [-0.3, -0.25) is 0 Å². The largest absolute Gasteiger partial charge is 0.186 e. The molecule has 1 aromatic rings. The van der Waals surface area contributed by atoms with Crippen molar-refractivity contribution in [2.75, 3.05) is 0 Å². The predicted octanol–water partition coefficient (Wildman–Crippen LogP) is 4.17. The van der Waals surface area contributed by atoms with E-state index in [9.17, 15) is 0 Å². The third-order valence-electron chi connectivity index (χ3n) is 4.58. The second-order valence-electron chi connectivity index (χ2n) is 5.82. The zero-order valence-corrected chi connectivity index (χ0v) is 10.8. The van der Waals surface area contributed by atoms with E-state index in [2.05, 4.69) is 69.1 Å². The fraction of sp³-hybridized carbons (Fsp3) is 0.571. The maximum atomic E-state index is 4.57. The van der Waals surface area contributed by atoms with E-state index >= 15 is 0 Å². The topological polar surface area (TPSA) is 24.7 Å². The molecule has 0 fully saturated rings. The molecule has 0 N–H and O–H groups in total. The molecule has 1 atom stereocenters. The van der Waals surface area contributed by atoms with Gasteiger partial charge >= 0.3 is 0 Å². The van der Waals surface area contributed by atoms with E-state index in [-0.39, 0.29) is 16.5 Å². The Morgan fingerprint density at radius 1 is 0.812 bits per heavy atom. The standard InChI is InChI=1S/C14H20N2/c1-12(2)13(3,4)15-16-14(12,5)11-9-7-6-8-10-11/h6-10H,1-5H3. The van der Waals surface area contributed by atoms with Gasteiger partial charge in [-0.2, -0.15) is 10.2 Å². The van der Waals surface area contributed by atoms with E-state index in [0.29, 0.717) is 0 Å². The highest BCUT2D eigenvalue weighted by Crippen LogP contribution is 2.55. The SMILES string of the molecule is CC1(C)N=NC(C)(c2ccccc2)C1(C)C. The molecule has 0 radical (unpaired) electrons. The lowest BCUT2D eigenvalue weighted by Gasteiger charge is -2.42. The molecule has 0 spiro atoms. The van der Waals surface area contributed by atoms with Crippen LogP contribution in [-0.2, 0) is 5.54 Å². The minimum atomic E-state index is -0.224. The Morgan fingerprint density at radius 3 is 1.81 bits per heavy atom. The van der Waals surface area contributed by atoms with Gasteiger partial charge in [-0.25, -0.2) is 0 Å². The van der Waals surface area contributed by atoms with Gasteiger partial charge in [0.2, 0.25) is 0 Å². The van der Waals surface area contributed by atoms with Gasteiger partial charge < -0.3 is 0 Å². The summed E-state index contributed by atoms with van der Waals surface area (Å²) in [5.41, 5.74) is 0.922. The lowest BCUT2D eigenvalue weighted by molar-refractivity contribution is 0.138. The molecule has 86 valence electrons. The average molecular weight is 216 g/mol. The van der Waals surface area contributed by atoms with Crippen molar-refractivity contribution in [3.05, 3.63) is 35.9 Å². The monoisotopic (exact) mass is 216 g/mol. The second-order valence-corrected chi connectivity index (χ2v) is 5.82. The van der Waals surface area contributed by atoms with Crippen molar-refractivity contribution in [2.24, 2.45) is 15.6 Å². The highest BCUT2D eigenvalue weighted by atomic mass is 15.3. The maximum Gasteiger partial charge on any atom is 0.111 e. The molecular formula is C14H20N2. The Kier molecular flexibility index (Phi) is 2.23. The molecule has 16 heavy (non-hydrogen) atoms. The van der Waals surface area contributed by atoms with Crippen LogP contribution in [0.1, 0.15) is 40.2 Å². The van der Waals surface area contributed by atoms with Crippen LogP contribution < -0.4 is 0 Å². The zero-order valence-electron chi connectivity index (χ0n) is 10.8. The number of azo groups is 1. The first-order valence-electron chi connectivity index (χ1n) is 5.81. The van der Waals surface area contributed by atoms with Crippen LogP contribution in [0.5, 0.6) is 0 Å². The van der Waals surface area contributed by atoms with Crippen LogP contribution in [0.25, 0.3) is 0 Å². The number of benzene rings is 1. The fourth-order valence-corrected chi connectivity index (χ4v) is 2.25. The van der Waals surface area contributed by atoms with Gasteiger partial charge in [0, 0.05) is 5.41 Å². The first-order valence-corrected chi connectivity index (χ1v) is 5.81. The van der Waals surface area contributed by atoms with Gasteiger partial charge in [-0.1, -0.05) is 44.2 Å². The van der Waals surface area contributed by atoms with Gasteiger partial charge in [0.1, 0.15) is 5.54 Å². The molecule has 0 aromatic heterocycles. The quantitative estimate of drug-likeness (QED) is 0.673. The number of hydrogen-bond donors (Lipinski definition) is 0. The maximum absolute atomic E-state index is 4.57. The van der Waals surface area contributed by atoms with Gasteiger partial charge in [-0.05, 0) is 26.3 Å². The first kappa shape index (κ1) is 11.3. The molecule has 1 aliphatic heterocycles. The molecule has 1 aliphatic rings. The van der Waals surface area contributed by atoms with Crippen molar-refractivity contribution < 1.29 is 0 Å². The molecule has 0 aliphatic carbocycles. The molecule has 1 heterocycles. The molecule has 2 rings (SSSR count). The van der Waals surface area contributed by atoms with Crippen LogP contribution in [0.3, 0.4) is 0 Å². The average Bonchev–Trinajstić information content (AvgIpc) is 2.41. The number of rotatable bonds is 1. The minimum absolute atomic E-state index is 0.0152. The second kappa shape index (κ2) is 3.16. The molecule has 0 amide bonds. The van der Waals surface area contributed by atoms with Crippen LogP contribution in [0.15, 0.2) is 40.6 Å². The molecule has 1 aromatic carbocycles. The summed E-state index contributed by atoms with van der Waals surface area (Å²) in [6.07, 6.45) is 0. The molecule has 1 unspecified atom stereocenters. The highest BCUT2D eigenvalue weighted by Gasteiger charge is 2.56.